The fourth-order valence-corrected chi connectivity index (χ4v) is 1.50. The average molecular weight is 239 g/mol. The zero-order valence-corrected chi connectivity index (χ0v) is 10.9. The van der Waals surface area contributed by atoms with E-state index in [9.17, 15) is 0 Å². The van der Waals surface area contributed by atoms with Crippen LogP contribution in [0.15, 0.2) is 35.0 Å². The van der Waals surface area contributed by atoms with Gasteiger partial charge in [-0.05, 0) is 12.5 Å². The molecule has 0 saturated heterocycles. The Bertz CT molecular complexity index is 321. The number of nitrogens with zero attached hydrogens (tertiary/aromatic N) is 1. The highest BCUT2D eigenvalue weighted by Gasteiger charge is 2.01. The molecule has 0 aliphatic heterocycles. The minimum Gasteiger partial charge on any atom is -0.391 e. The molecule has 88 valence electrons. The van der Waals surface area contributed by atoms with Crippen LogP contribution in [-0.2, 0) is 0 Å². The minimum absolute atomic E-state index is 0.249. The average Bonchev–Trinajstić information content (AvgIpc) is 2.28. The fourth-order valence-electron chi connectivity index (χ4n) is 1.29. The van der Waals surface area contributed by atoms with Crippen LogP contribution in [-0.4, -0.2) is 7.05 Å². The predicted octanol–water partition coefficient (Wildman–Crippen LogP) is 3.73. The molecule has 0 aromatic heterocycles. The molecule has 1 atom stereocenters. The van der Waals surface area contributed by atoms with E-state index in [-0.39, 0.29) is 5.92 Å². The second-order valence-electron chi connectivity index (χ2n) is 3.49. The molecule has 0 amide bonds. The van der Waals surface area contributed by atoms with Crippen LogP contribution < -0.4 is 5.32 Å². The van der Waals surface area contributed by atoms with Crippen molar-refractivity contribution in [3.63, 3.8) is 0 Å². The van der Waals surface area contributed by atoms with E-state index >= 15 is 0 Å². The molecule has 0 heterocycles. The zero-order chi connectivity index (χ0) is 12.4. The highest BCUT2D eigenvalue weighted by Crippen LogP contribution is 2.12. The molecule has 16 heavy (non-hydrogen) atoms. The Morgan fingerprint density at radius 3 is 2.62 bits per heavy atom. The molecule has 2 nitrogen and oxygen atoms in total. The van der Waals surface area contributed by atoms with Crippen LogP contribution in [0.25, 0.3) is 0 Å². The summed E-state index contributed by atoms with van der Waals surface area (Å²) in [6, 6.07) is 2.16. The van der Waals surface area contributed by atoms with Gasteiger partial charge in [0, 0.05) is 24.2 Å². The van der Waals surface area contributed by atoms with Crippen molar-refractivity contribution >= 4 is 11.6 Å². The maximum Gasteiger partial charge on any atom is 0.0666 e. The molecule has 0 rings (SSSR count). The topological polar surface area (TPSA) is 35.8 Å². The van der Waals surface area contributed by atoms with Crippen molar-refractivity contribution in [2.24, 2.45) is 5.92 Å². The first-order chi connectivity index (χ1) is 7.69. The number of hydrogen-bond donors (Lipinski definition) is 1. The monoisotopic (exact) mass is 238 g/mol. The molecule has 0 fully saturated rings. The van der Waals surface area contributed by atoms with Crippen LogP contribution in [0, 0.1) is 17.2 Å². The summed E-state index contributed by atoms with van der Waals surface area (Å²) < 4.78 is 0. The van der Waals surface area contributed by atoms with Gasteiger partial charge in [0.25, 0.3) is 0 Å². The van der Waals surface area contributed by atoms with E-state index in [2.05, 4.69) is 25.2 Å². The first-order valence-corrected chi connectivity index (χ1v) is 5.84. The van der Waals surface area contributed by atoms with E-state index in [0.29, 0.717) is 6.42 Å². The molecule has 0 aromatic rings. The maximum atomic E-state index is 8.63. The molecule has 0 bridgehead atoms. The third-order valence-corrected chi connectivity index (χ3v) is 2.54. The van der Waals surface area contributed by atoms with Crippen molar-refractivity contribution in [1.29, 1.82) is 5.26 Å². The largest absolute Gasteiger partial charge is 0.391 e. The summed E-state index contributed by atoms with van der Waals surface area (Å²) in [5.41, 5.74) is 3.74. The van der Waals surface area contributed by atoms with Gasteiger partial charge >= 0.3 is 0 Å². The number of nitriles is 1. The van der Waals surface area contributed by atoms with Gasteiger partial charge in [-0.1, -0.05) is 43.2 Å². The second-order valence-corrected chi connectivity index (χ2v) is 3.74. The van der Waals surface area contributed by atoms with Crippen LogP contribution in [0.4, 0.5) is 0 Å². The molecule has 1 N–H and O–H groups in total. The predicted molar refractivity (Wildman–Crippen MR) is 69.9 cm³/mol. The molecule has 0 aromatic carbocycles. The van der Waals surface area contributed by atoms with Crippen LogP contribution >= 0.6 is 11.6 Å². The van der Waals surface area contributed by atoms with Crippen molar-refractivity contribution in [2.45, 2.75) is 26.7 Å². The number of allylic oxidation sites excluding steroid dienone is 4. The summed E-state index contributed by atoms with van der Waals surface area (Å²) >= 11 is 5.54. The van der Waals surface area contributed by atoms with E-state index < -0.39 is 0 Å². The zero-order valence-electron chi connectivity index (χ0n) is 10.1. The Morgan fingerprint density at radius 1 is 1.50 bits per heavy atom. The van der Waals surface area contributed by atoms with Gasteiger partial charge < -0.3 is 5.32 Å². The van der Waals surface area contributed by atoms with Gasteiger partial charge in [-0.25, -0.2) is 0 Å². The van der Waals surface area contributed by atoms with Crippen molar-refractivity contribution in [3.8, 4) is 6.07 Å². The molecule has 0 aliphatic rings. The van der Waals surface area contributed by atoms with Crippen molar-refractivity contribution in [2.75, 3.05) is 7.05 Å². The molecule has 0 aliphatic carbocycles. The summed E-state index contributed by atoms with van der Waals surface area (Å²) in [4.78, 5) is 0. The lowest BCUT2D eigenvalue weighted by atomic mass is 10.1. The quantitative estimate of drug-likeness (QED) is 0.716. The lowest BCUT2D eigenvalue weighted by molar-refractivity contribution is 0.766. The van der Waals surface area contributed by atoms with Crippen LogP contribution in [0.5, 0.6) is 0 Å². The molecular weight excluding hydrogens is 220 g/mol. The Morgan fingerprint density at radius 2 is 2.19 bits per heavy atom. The number of nitrogens with one attached hydrogen (secondary N) is 1. The Kier molecular flexibility index (Phi) is 8.38. The van der Waals surface area contributed by atoms with E-state index in [1.165, 1.54) is 5.54 Å². The smallest absolute Gasteiger partial charge is 0.0666 e. The van der Waals surface area contributed by atoms with E-state index in [1.54, 1.807) is 0 Å². The summed E-state index contributed by atoms with van der Waals surface area (Å²) in [6.07, 6.45) is 7.32. The maximum absolute atomic E-state index is 8.63. The third kappa shape index (κ3) is 5.63. The standard InChI is InChI=1S/C13H19ClN2/c1-4-12(8-10-15)5-6-13(16-3)11(2)7-9-14/h5-7,9,11,16H,4,8H2,1-3H3/b9-7+,12-5+,13-6+. The van der Waals surface area contributed by atoms with Crippen LogP contribution in [0.3, 0.4) is 0 Å². The molecule has 1 unspecified atom stereocenters. The number of rotatable bonds is 6. The fraction of sp³-hybridized carbons (Fsp3) is 0.462. The SMILES string of the molecule is CC/C(=C\C=C(\NC)C(C)/C=C/Cl)CC#N. The summed E-state index contributed by atoms with van der Waals surface area (Å²) in [5, 5.41) is 11.8. The molecular formula is C13H19ClN2. The Balaban J connectivity index is 4.75. The van der Waals surface area contributed by atoms with Gasteiger partial charge in [0.15, 0.2) is 0 Å². The highest BCUT2D eigenvalue weighted by molar-refractivity contribution is 6.25. The lowest BCUT2D eigenvalue weighted by Crippen LogP contribution is -2.12. The first kappa shape index (κ1) is 14.8. The van der Waals surface area contributed by atoms with Gasteiger partial charge in [0.2, 0.25) is 0 Å². The Hall–Kier alpha value is -1.20. The van der Waals surface area contributed by atoms with Gasteiger partial charge in [-0.15, -0.1) is 0 Å². The van der Waals surface area contributed by atoms with Gasteiger partial charge in [0.05, 0.1) is 12.5 Å². The van der Waals surface area contributed by atoms with E-state index in [1.807, 2.05) is 25.3 Å². The van der Waals surface area contributed by atoms with Crippen LogP contribution in [0.2, 0.25) is 0 Å². The van der Waals surface area contributed by atoms with Gasteiger partial charge in [-0.3, -0.25) is 0 Å². The first-order valence-electron chi connectivity index (χ1n) is 5.40. The number of hydrogen-bond acceptors (Lipinski definition) is 2. The van der Waals surface area contributed by atoms with Gasteiger partial charge in [0.1, 0.15) is 0 Å². The van der Waals surface area contributed by atoms with E-state index in [4.69, 9.17) is 16.9 Å². The number of halogens is 1. The lowest BCUT2D eigenvalue weighted by Gasteiger charge is -2.10. The normalized spacial score (nSPS) is 14.9. The van der Waals surface area contributed by atoms with E-state index in [0.717, 1.165) is 17.7 Å². The van der Waals surface area contributed by atoms with Crippen LogP contribution in [0.1, 0.15) is 26.7 Å². The molecule has 3 heteroatoms. The second kappa shape index (κ2) is 9.06. The molecule has 0 spiro atoms. The molecule has 0 radical (unpaired) electrons. The van der Waals surface area contributed by atoms with Crippen molar-refractivity contribution < 1.29 is 0 Å². The van der Waals surface area contributed by atoms with Crippen molar-refractivity contribution in [3.05, 3.63) is 35.0 Å². The van der Waals surface area contributed by atoms with Gasteiger partial charge in [-0.2, -0.15) is 5.26 Å². The highest BCUT2D eigenvalue weighted by atomic mass is 35.5. The third-order valence-electron chi connectivity index (χ3n) is 2.40. The Labute approximate surface area is 103 Å². The van der Waals surface area contributed by atoms with Crippen molar-refractivity contribution in [1.82, 2.24) is 5.32 Å². The summed E-state index contributed by atoms with van der Waals surface area (Å²) in [7, 11) is 1.88. The summed E-state index contributed by atoms with van der Waals surface area (Å²) in [5.74, 6) is 0.249. The minimum atomic E-state index is 0.249. The molecule has 0 saturated carbocycles. The summed E-state index contributed by atoms with van der Waals surface area (Å²) in [6.45, 7) is 4.11.